The number of anilines is 1. The number of hydrogen-bond acceptors (Lipinski definition) is 5. The molecule has 0 aliphatic rings. The third kappa shape index (κ3) is 5.70. The summed E-state index contributed by atoms with van der Waals surface area (Å²) in [4.78, 5) is 35.4. The standard InChI is InChI=1S/C19H18FNO5/c1-25-17-5-3-2-4-15(17)21-18(23)10-11-19(24)26-12-16(22)13-6-8-14(20)9-7-13/h2-9H,10-12H2,1H3,(H,21,23). The lowest BCUT2D eigenvalue weighted by Gasteiger charge is -2.09. The van der Waals surface area contributed by atoms with Crippen molar-refractivity contribution in [1.29, 1.82) is 0 Å². The average molecular weight is 359 g/mol. The quantitative estimate of drug-likeness (QED) is 0.579. The minimum Gasteiger partial charge on any atom is -0.495 e. The highest BCUT2D eigenvalue weighted by atomic mass is 19.1. The van der Waals surface area contributed by atoms with Crippen molar-refractivity contribution in [3.63, 3.8) is 0 Å². The molecule has 136 valence electrons. The van der Waals surface area contributed by atoms with Gasteiger partial charge in [-0.15, -0.1) is 0 Å². The number of benzene rings is 2. The molecule has 6 nitrogen and oxygen atoms in total. The molecule has 0 saturated heterocycles. The van der Waals surface area contributed by atoms with E-state index in [9.17, 15) is 18.8 Å². The Hall–Kier alpha value is -3.22. The van der Waals surface area contributed by atoms with E-state index >= 15 is 0 Å². The van der Waals surface area contributed by atoms with Crippen LogP contribution in [0.5, 0.6) is 5.75 Å². The molecular formula is C19H18FNO5. The van der Waals surface area contributed by atoms with Crippen LogP contribution in [0.4, 0.5) is 10.1 Å². The van der Waals surface area contributed by atoms with Crippen molar-refractivity contribution >= 4 is 23.3 Å². The normalized spacial score (nSPS) is 10.1. The van der Waals surface area contributed by atoms with E-state index in [2.05, 4.69) is 5.32 Å². The van der Waals surface area contributed by atoms with Gasteiger partial charge in [-0.2, -0.15) is 0 Å². The van der Waals surface area contributed by atoms with Crippen LogP contribution in [-0.4, -0.2) is 31.4 Å². The second kappa shape index (κ2) is 9.31. The van der Waals surface area contributed by atoms with Crippen molar-refractivity contribution in [1.82, 2.24) is 0 Å². The summed E-state index contributed by atoms with van der Waals surface area (Å²) in [6.07, 6.45) is -0.265. The number of ether oxygens (including phenoxy) is 2. The fraction of sp³-hybridized carbons (Fsp3) is 0.211. The summed E-state index contributed by atoms with van der Waals surface area (Å²) in [5, 5.41) is 2.64. The molecule has 2 aromatic rings. The SMILES string of the molecule is COc1ccccc1NC(=O)CCC(=O)OCC(=O)c1ccc(F)cc1. The molecule has 0 fully saturated rings. The molecule has 0 heterocycles. The molecule has 26 heavy (non-hydrogen) atoms. The minimum atomic E-state index is -0.671. The summed E-state index contributed by atoms with van der Waals surface area (Å²) in [6, 6.07) is 11.8. The maximum Gasteiger partial charge on any atom is 0.306 e. The molecule has 2 rings (SSSR count). The minimum absolute atomic E-state index is 0.0956. The molecule has 0 spiro atoms. The lowest BCUT2D eigenvalue weighted by atomic mass is 10.1. The zero-order valence-corrected chi connectivity index (χ0v) is 14.2. The van der Waals surface area contributed by atoms with Crippen LogP contribution in [0.2, 0.25) is 0 Å². The van der Waals surface area contributed by atoms with E-state index in [1.807, 2.05) is 0 Å². The van der Waals surface area contributed by atoms with Crippen LogP contribution in [0.25, 0.3) is 0 Å². The van der Waals surface area contributed by atoms with E-state index in [0.717, 1.165) is 12.1 Å². The van der Waals surface area contributed by atoms with Gasteiger partial charge in [-0.3, -0.25) is 14.4 Å². The Morgan fingerprint density at radius 2 is 1.69 bits per heavy atom. The highest BCUT2D eigenvalue weighted by molar-refractivity contribution is 5.98. The third-order valence-corrected chi connectivity index (χ3v) is 3.47. The first kappa shape index (κ1) is 19.1. The first-order chi connectivity index (χ1) is 12.5. The van der Waals surface area contributed by atoms with Gasteiger partial charge in [-0.05, 0) is 36.4 Å². The fourth-order valence-corrected chi connectivity index (χ4v) is 2.11. The Morgan fingerprint density at radius 3 is 2.38 bits per heavy atom. The molecule has 7 heteroatoms. The van der Waals surface area contributed by atoms with Crippen LogP contribution in [0, 0.1) is 5.82 Å². The van der Waals surface area contributed by atoms with Crippen molar-refractivity contribution in [2.45, 2.75) is 12.8 Å². The van der Waals surface area contributed by atoms with Crippen molar-refractivity contribution in [2.24, 2.45) is 0 Å². The number of para-hydroxylation sites is 2. The lowest BCUT2D eigenvalue weighted by molar-refractivity contribution is -0.143. The number of carbonyl (C=O) groups is 3. The summed E-state index contributed by atoms with van der Waals surface area (Å²) in [6.45, 7) is -0.460. The predicted molar refractivity (Wildman–Crippen MR) is 92.5 cm³/mol. The van der Waals surface area contributed by atoms with Crippen LogP contribution in [-0.2, 0) is 14.3 Å². The topological polar surface area (TPSA) is 81.7 Å². The van der Waals surface area contributed by atoms with Gasteiger partial charge in [0.1, 0.15) is 11.6 Å². The number of rotatable bonds is 8. The maximum absolute atomic E-state index is 12.8. The Kier molecular flexibility index (Phi) is 6.84. The Bertz CT molecular complexity index is 789. The molecule has 0 aliphatic carbocycles. The molecule has 1 amide bonds. The van der Waals surface area contributed by atoms with Crippen LogP contribution in [0.3, 0.4) is 0 Å². The number of nitrogens with one attached hydrogen (secondary N) is 1. The van der Waals surface area contributed by atoms with Crippen molar-refractivity contribution in [2.75, 3.05) is 19.0 Å². The number of methoxy groups -OCH3 is 1. The zero-order valence-electron chi connectivity index (χ0n) is 14.2. The molecule has 0 radical (unpaired) electrons. The van der Waals surface area contributed by atoms with E-state index in [1.54, 1.807) is 24.3 Å². The molecule has 2 aromatic carbocycles. The number of hydrogen-bond donors (Lipinski definition) is 1. The van der Waals surface area contributed by atoms with Gasteiger partial charge in [0, 0.05) is 12.0 Å². The van der Waals surface area contributed by atoms with E-state index in [-0.39, 0.29) is 24.3 Å². The number of ketones is 1. The second-order valence-corrected chi connectivity index (χ2v) is 5.34. The fourth-order valence-electron chi connectivity index (χ4n) is 2.11. The van der Waals surface area contributed by atoms with Gasteiger partial charge in [0.25, 0.3) is 0 Å². The van der Waals surface area contributed by atoms with Gasteiger partial charge in [-0.1, -0.05) is 12.1 Å². The monoisotopic (exact) mass is 359 g/mol. The van der Waals surface area contributed by atoms with Gasteiger partial charge >= 0.3 is 5.97 Å². The summed E-state index contributed by atoms with van der Waals surface area (Å²) >= 11 is 0. The van der Waals surface area contributed by atoms with Crippen LogP contribution in [0.1, 0.15) is 23.2 Å². The smallest absolute Gasteiger partial charge is 0.306 e. The molecule has 1 N–H and O–H groups in total. The largest absolute Gasteiger partial charge is 0.495 e. The molecule has 0 atom stereocenters. The Labute approximate surface area is 149 Å². The highest BCUT2D eigenvalue weighted by Crippen LogP contribution is 2.23. The number of Topliss-reactive ketones (excluding diaryl/α,β-unsaturated/α-hetero) is 1. The summed E-state index contributed by atoms with van der Waals surface area (Å²) < 4.78 is 22.8. The molecule has 0 unspecified atom stereocenters. The van der Waals surface area contributed by atoms with Crippen molar-refractivity contribution in [3.8, 4) is 5.75 Å². The third-order valence-electron chi connectivity index (χ3n) is 3.47. The van der Waals surface area contributed by atoms with E-state index in [1.165, 1.54) is 19.2 Å². The molecule has 0 bridgehead atoms. The number of halogens is 1. The number of esters is 1. The van der Waals surface area contributed by atoms with Crippen LogP contribution < -0.4 is 10.1 Å². The van der Waals surface area contributed by atoms with Crippen molar-refractivity contribution in [3.05, 3.63) is 59.9 Å². The van der Waals surface area contributed by atoms with Gasteiger partial charge in [0.05, 0.1) is 19.2 Å². The van der Waals surface area contributed by atoms with Gasteiger partial charge in [0.15, 0.2) is 12.4 Å². The number of carbonyl (C=O) groups excluding carboxylic acids is 3. The highest BCUT2D eigenvalue weighted by Gasteiger charge is 2.13. The summed E-state index contributed by atoms with van der Waals surface area (Å²) in [7, 11) is 1.49. The molecule has 0 saturated carbocycles. The Morgan fingerprint density at radius 1 is 1.00 bits per heavy atom. The average Bonchev–Trinajstić information content (AvgIpc) is 2.65. The van der Waals surface area contributed by atoms with E-state index in [4.69, 9.17) is 9.47 Å². The van der Waals surface area contributed by atoms with E-state index < -0.39 is 24.2 Å². The van der Waals surface area contributed by atoms with Gasteiger partial charge < -0.3 is 14.8 Å². The molecule has 0 aromatic heterocycles. The lowest BCUT2D eigenvalue weighted by Crippen LogP contribution is -2.17. The summed E-state index contributed by atoms with van der Waals surface area (Å²) in [5.41, 5.74) is 0.743. The van der Waals surface area contributed by atoms with Crippen molar-refractivity contribution < 1.29 is 28.2 Å². The van der Waals surface area contributed by atoms with E-state index in [0.29, 0.717) is 11.4 Å². The summed E-state index contributed by atoms with van der Waals surface area (Å²) in [5.74, 6) is -1.45. The van der Waals surface area contributed by atoms with Crippen LogP contribution >= 0.6 is 0 Å². The van der Waals surface area contributed by atoms with Crippen LogP contribution in [0.15, 0.2) is 48.5 Å². The Balaban J connectivity index is 1.75. The first-order valence-corrected chi connectivity index (χ1v) is 7.87. The first-order valence-electron chi connectivity index (χ1n) is 7.87. The maximum atomic E-state index is 12.8. The van der Waals surface area contributed by atoms with Gasteiger partial charge in [-0.25, -0.2) is 4.39 Å². The van der Waals surface area contributed by atoms with Gasteiger partial charge in [0.2, 0.25) is 5.91 Å². The molecular weight excluding hydrogens is 341 g/mol. The molecule has 0 aliphatic heterocycles. The zero-order chi connectivity index (χ0) is 18.9. The second-order valence-electron chi connectivity index (χ2n) is 5.34. The number of amides is 1. The predicted octanol–water partition coefficient (Wildman–Crippen LogP) is 2.98.